The zero-order valence-electron chi connectivity index (χ0n) is 37.0. The molecular formula is C51H105NO7S. The zero-order chi connectivity index (χ0) is 44.2. The number of carbonyl (C=O) groups excluding carboxylic acids is 5. The second kappa shape index (κ2) is 55.5. The van der Waals surface area contributed by atoms with E-state index in [4.69, 9.17) is 0 Å². The van der Waals surface area contributed by atoms with Crippen LogP contribution < -0.4 is 0 Å². The Labute approximate surface area is 377 Å². The van der Waals surface area contributed by atoms with Gasteiger partial charge >= 0.3 is 0 Å². The summed E-state index contributed by atoms with van der Waals surface area (Å²) in [5.41, 5.74) is 0.670. The lowest BCUT2D eigenvalue weighted by Gasteiger charge is -2.18. The van der Waals surface area contributed by atoms with Crippen LogP contribution in [0, 0.1) is 29.6 Å². The van der Waals surface area contributed by atoms with E-state index in [0.717, 1.165) is 24.7 Å². The van der Waals surface area contributed by atoms with Crippen LogP contribution in [0.25, 0.3) is 0 Å². The first-order valence-corrected chi connectivity index (χ1v) is 20.7. The van der Waals surface area contributed by atoms with Crippen LogP contribution in [0.2, 0.25) is 0 Å². The van der Waals surface area contributed by atoms with E-state index in [2.05, 4.69) is 67.2 Å². The highest BCUT2D eigenvalue weighted by molar-refractivity contribution is 7.94. The molecule has 0 saturated carbocycles. The molecule has 0 spiro atoms. The van der Waals surface area contributed by atoms with Gasteiger partial charge in [0.25, 0.3) is 0 Å². The highest BCUT2D eigenvalue weighted by Gasteiger charge is 2.07. The van der Waals surface area contributed by atoms with Gasteiger partial charge in [0, 0.05) is 44.2 Å². The number of ketones is 4. The molecule has 0 radical (unpaired) electrons. The third-order valence-corrected chi connectivity index (χ3v) is 8.29. The minimum absolute atomic E-state index is 0. The molecule has 362 valence electrons. The number of rotatable bonds is 20. The van der Waals surface area contributed by atoms with Gasteiger partial charge in [0.2, 0.25) is 5.91 Å². The summed E-state index contributed by atoms with van der Waals surface area (Å²) >= 11 is 0. The van der Waals surface area contributed by atoms with Crippen molar-refractivity contribution < 1.29 is 32.4 Å². The Balaban J connectivity index is -0.0000000452. The first-order chi connectivity index (χ1) is 24.6. The van der Waals surface area contributed by atoms with E-state index >= 15 is 0 Å². The maximum atomic E-state index is 10.9. The summed E-state index contributed by atoms with van der Waals surface area (Å²) in [4.78, 5) is 55.0. The monoisotopic (exact) mass is 876 g/mol. The molecule has 8 nitrogen and oxygen atoms in total. The SMILES string of the molecule is C.C.C.C.C.C.C=C(C)C(=O)CC(C)C.C=CC(=O)CC(C)C.C=CC(=O)CCC(C)C.C=CC(=O)CCCC(C)C.C=CC(=O)N(C)C(C)C.C=CS(=O)(=O)CC(C)C. The highest BCUT2D eigenvalue weighted by atomic mass is 32.2. The molecule has 60 heavy (non-hydrogen) atoms. The first kappa shape index (κ1) is 87.9. The quantitative estimate of drug-likeness (QED) is 0.112. The standard InChI is InChI=1S/C9H16O.2C8H14O.C7H13NO.C7H12O.C6H12O2S.6CH4/c1-4-9(10)7-5-6-8(2)3;1-6(2)5-8(9)7(3)4;1-4-8(9)6-5-7(2)3;1-5-7(9)8(4)6(2)3;1-4-7(8)5-6(2)3;1-4-9(7,8)5-6(2)3;;;;;;/h4,8H,1,5-7H2,2-3H3;6H,3,5H2,1-2,4H3;4,7H,1,5-6H2,2-3H3;5-6H,1H2,2-4H3;4,6H,1,5H2,2-3H3;4,6H,1,5H2,2-3H3;6*1H4. The van der Waals surface area contributed by atoms with Crippen LogP contribution in [0.1, 0.15) is 180 Å². The molecule has 0 heterocycles. The molecule has 0 rings (SSSR count). The van der Waals surface area contributed by atoms with Gasteiger partial charge in [0.1, 0.15) is 0 Å². The zero-order valence-corrected chi connectivity index (χ0v) is 37.8. The van der Waals surface area contributed by atoms with Crippen LogP contribution in [-0.2, 0) is 33.8 Å². The lowest BCUT2D eigenvalue weighted by Crippen LogP contribution is -2.31. The molecule has 0 saturated heterocycles. The molecule has 0 N–H and O–H groups in total. The van der Waals surface area contributed by atoms with E-state index in [1.807, 2.05) is 55.4 Å². The molecule has 0 aliphatic heterocycles. The average Bonchev–Trinajstić information content (AvgIpc) is 3.06. The molecule has 0 bridgehead atoms. The van der Waals surface area contributed by atoms with Gasteiger partial charge in [-0.05, 0) is 93.1 Å². The van der Waals surface area contributed by atoms with Gasteiger partial charge in [-0.25, -0.2) is 8.42 Å². The summed E-state index contributed by atoms with van der Waals surface area (Å²) in [5, 5.41) is 1.01. The van der Waals surface area contributed by atoms with Gasteiger partial charge in [-0.3, -0.25) is 24.0 Å². The fraction of sp³-hybridized carbons (Fsp3) is 0.667. The highest BCUT2D eigenvalue weighted by Crippen LogP contribution is 2.07. The van der Waals surface area contributed by atoms with Crippen molar-refractivity contribution in [2.75, 3.05) is 12.8 Å². The number of hydrogen-bond acceptors (Lipinski definition) is 7. The van der Waals surface area contributed by atoms with E-state index in [1.54, 1.807) is 18.9 Å². The number of Topliss-reactive ketones (excluding diaryl/α,β-unsaturated/α-hetero) is 1. The number of hydrogen-bond donors (Lipinski definition) is 0. The summed E-state index contributed by atoms with van der Waals surface area (Å²) in [6, 6.07) is 0.260. The van der Waals surface area contributed by atoms with Gasteiger partial charge in [-0.2, -0.15) is 0 Å². The molecule has 9 heteroatoms. The Bertz CT molecular complexity index is 1220. The first-order valence-electron chi connectivity index (χ1n) is 19.0. The van der Waals surface area contributed by atoms with Gasteiger partial charge in [-0.1, -0.05) is 160 Å². The Morgan fingerprint density at radius 2 is 0.900 bits per heavy atom. The summed E-state index contributed by atoms with van der Waals surface area (Å²) in [5.74, 6) is 3.25. The lowest BCUT2D eigenvalue weighted by atomic mass is 10.0. The summed E-state index contributed by atoms with van der Waals surface area (Å²) in [7, 11) is -1.20. The van der Waals surface area contributed by atoms with Crippen LogP contribution in [0.3, 0.4) is 0 Å². The van der Waals surface area contributed by atoms with Gasteiger partial charge in [0.05, 0.1) is 5.75 Å². The van der Waals surface area contributed by atoms with Crippen LogP contribution in [-0.4, -0.2) is 61.2 Å². The smallest absolute Gasteiger partial charge is 0.245 e. The van der Waals surface area contributed by atoms with Gasteiger partial charge < -0.3 is 4.90 Å². The molecule has 1 amide bonds. The van der Waals surface area contributed by atoms with E-state index in [0.29, 0.717) is 54.9 Å². The summed E-state index contributed by atoms with van der Waals surface area (Å²) < 4.78 is 21.4. The van der Waals surface area contributed by atoms with Crippen LogP contribution >= 0.6 is 0 Å². The van der Waals surface area contributed by atoms with Crippen molar-refractivity contribution in [3.05, 3.63) is 74.8 Å². The molecule has 0 aliphatic carbocycles. The third kappa shape index (κ3) is 82.5. The molecule has 0 unspecified atom stereocenters. The number of sulfone groups is 1. The normalized spacial score (nSPS) is 9.00. The minimum atomic E-state index is -2.95. The van der Waals surface area contributed by atoms with Crippen molar-refractivity contribution in [3.8, 4) is 0 Å². The maximum absolute atomic E-state index is 10.9. The van der Waals surface area contributed by atoms with Crippen molar-refractivity contribution in [1.29, 1.82) is 0 Å². The van der Waals surface area contributed by atoms with E-state index in [9.17, 15) is 32.4 Å². The Morgan fingerprint density at radius 3 is 1.08 bits per heavy atom. The van der Waals surface area contributed by atoms with Crippen LogP contribution in [0.4, 0.5) is 0 Å². The topological polar surface area (TPSA) is 123 Å². The molecule has 0 aromatic carbocycles. The molecule has 0 aromatic rings. The molecule has 0 fully saturated rings. The number of nitrogens with zero attached hydrogens (tertiary/aromatic N) is 1. The molecule has 0 aliphatic rings. The Kier molecular flexibility index (Phi) is 81.4. The minimum Gasteiger partial charge on any atom is -0.340 e. The predicted molar refractivity (Wildman–Crippen MR) is 274 cm³/mol. The van der Waals surface area contributed by atoms with E-state index in [-0.39, 0.29) is 91.3 Å². The van der Waals surface area contributed by atoms with Gasteiger partial charge in [0.15, 0.2) is 33.0 Å². The van der Waals surface area contributed by atoms with Crippen molar-refractivity contribution >= 4 is 38.9 Å². The summed E-state index contributed by atoms with van der Waals surface area (Å²) in [6.45, 7) is 46.3. The Hall–Kier alpha value is -3.46. The van der Waals surface area contributed by atoms with E-state index in [1.165, 1.54) is 24.3 Å². The third-order valence-electron chi connectivity index (χ3n) is 6.65. The van der Waals surface area contributed by atoms with Crippen molar-refractivity contribution in [2.24, 2.45) is 29.6 Å². The Morgan fingerprint density at radius 1 is 0.533 bits per heavy atom. The van der Waals surface area contributed by atoms with Crippen molar-refractivity contribution in [1.82, 2.24) is 4.90 Å². The lowest BCUT2D eigenvalue weighted by molar-refractivity contribution is -0.126. The van der Waals surface area contributed by atoms with Crippen LogP contribution in [0.5, 0.6) is 0 Å². The average molecular weight is 876 g/mol. The summed E-state index contributed by atoms with van der Waals surface area (Å²) in [6.07, 6.45) is 11.2. The fourth-order valence-electron chi connectivity index (χ4n) is 3.28. The largest absolute Gasteiger partial charge is 0.340 e. The number of allylic oxidation sites excluding steroid dienone is 4. The van der Waals surface area contributed by atoms with Crippen molar-refractivity contribution in [3.63, 3.8) is 0 Å². The number of carbonyl (C=O) groups is 5. The predicted octanol–water partition coefficient (Wildman–Crippen LogP) is 14.8. The second-order valence-electron chi connectivity index (χ2n) is 15.3. The molecule has 0 aromatic heterocycles. The fourth-order valence-corrected chi connectivity index (χ4v) is 4.35. The number of amides is 1. The van der Waals surface area contributed by atoms with Gasteiger partial charge in [-0.15, -0.1) is 0 Å². The van der Waals surface area contributed by atoms with Crippen molar-refractivity contribution in [2.45, 2.75) is 186 Å². The maximum Gasteiger partial charge on any atom is 0.245 e. The van der Waals surface area contributed by atoms with E-state index < -0.39 is 9.84 Å². The second-order valence-corrected chi connectivity index (χ2v) is 17.3. The molecular weight excluding hydrogens is 771 g/mol. The molecule has 0 atom stereocenters. The van der Waals surface area contributed by atoms with Crippen LogP contribution in [0.15, 0.2) is 74.8 Å². The number of likely N-dealkylation sites (N-methyl/N-ethyl adjacent to an activating group) is 1.